The van der Waals surface area contributed by atoms with Crippen LogP contribution in [0, 0.1) is 0 Å². The summed E-state index contributed by atoms with van der Waals surface area (Å²) in [5.74, 6) is 0. The molecule has 0 aromatic heterocycles. The van der Waals surface area contributed by atoms with Gasteiger partial charge in [-0.15, -0.1) is 0 Å². The first-order valence-electron chi connectivity index (χ1n) is 6.53. The Hall–Kier alpha value is -0.580. The maximum absolute atomic E-state index is 3.49. The molecule has 1 aliphatic heterocycles. The summed E-state index contributed by atoms with van der Waals surface area (Å²) >= 11 is 3.49. The molecular weight excluding hydrogens is 290 g/mol. The van der Waals surface area contributed by atoms with E-state index in [4.69, 9.17) is 0 Å². The lowest BCUT2D eigenvalue weighted by molar-refractivity contribution is 0.273. The van der Waals surface area contributed by atoms with Crippen molar-refractivity contribution < 1.29 is 0 Å². The lowest BCUT2D eigenvalue weighted by Gasteiger charge is -2.20. The highest BCUT2D eigenvalue weighted by Crippen LogP contribution is 2.16. The molecule has 1 aromatic rings. The van der Waals surface area contributed by atoms with Crippen LogP contribution in [0.25, 0.3) is 0 Å². The van der Waals surface area contributed by atoms with E-state index < -0.39 is 0 Å². The number of nitrogens with one attached hydrogen (secondary N) is 1. The van der Waals surface area contributed by atoms with E-state index in [2.05, 4.69) is 63.3 Å². The van der Waals surface area contributed by atoms with Crippen molar-refractivity contribution in [2.45, 2.75) is 12.5 Å². The average Bonchev–Trinajstić information content (AvgIpc) is 2.78. The Bertz CT molecular complexity index is 381. The molecule has 1 aliphatic rings. The van der Waals surface area contributed by atoms with Gasteiger partial charge in [-0.1, -0.05) is 22.0 Å². The monoisotopic (exact) mass is 311 g/mol. The second-order valence-electron chi connectivity index (χ2n) is 5.14. The number of nitrogens with zero attached hydrogens (tertiary/aromatic N) is 2. The zero-order valence-corrected chi connectivity index (χ0v) is 12.8. The minimum atomic E-state index is 0.732. The topological polar surface area (TPSA) is 18.5 Å². The van der Waals surface area contributed by atoms with E-state index in [0.717, 1.165) is 23.6 Å². The number of benzene rings is 1. The van der Waals surface area contributed by atoms with Crippen LogP contribution in [0.2, 0.25) is 0 Å². The van der Waals surface area contributed by atoms with E-state index >= 15 is 0 Å². The molecule has 3 nitrogen and oxygen atoms in total. The molecular formula is C14H22BrN3. The second-order valence-corrected chi connectivity index (χ2v) is 6.06. The molecule has 0 saturated carbocycles. The van der Waals surface area contributed by atoms with Crippen LogP contribution in [-0.4, -0.2) is 56.1 Å². The van der Waals surface area contributed by atoms with Gasteiger partial charge in [-0.3, -0.25) is 4.90 Å². The van der Waals surface area contributed by atoms with Crippen LogP contribution >= 0.6 is 15.9 Å². The molecule has 1 aromatic carbocycles. The van der Waals surface area contributed by atoms with Crippen molar-refractivity contribution in [1.82, 2.24) is 9.80 Å². The van der Waals surface area contributed by atoms with Crippen molar-refractivity contribution in [3.8, 4) is 0 Å². The van der Waals surface area contributed by atoms with Crippen LogP contribution in [0.4, 0.5) is 5.69 Å². The Kier molecular flexibility index (Phi) is 5.03. The molecule has 0 radical (unpaired) electrons. The summed E-state index contributed by atoms with van der Waals surface area (Å²) in [5, 5.41) is 3.47. The summed E-state index contributed by atoms with van der Waals surface area (Å²) in [6, 6.07) is 9.07. The van der Waals surface area contributed by atoms with Gasteiger partial charge >= 0.3 is 0 Å². The van der Waals surface area contributed by atoms with Crippen molar-refractivity contribution in [1.29, 1.82) is 0 Å². The van der Waals surface area contributed by atoms with Gasteiger partial charge in [0.1, 0.15) is 0 Å². The van der Waals surface area contributed by atoms with E-state index in [-0.39, 0.29) is 0 Å². The van der Waals surface area contributed by atoms with E-state index in [0.29, 0.717) is 0 Å². The number of hydrogen-bond acceptors (Lipinski definition) is 3. The molecule has 1 unspecified atom stereocenters. The molecule has 1 N–H and O–H groups in total. The number of hydrogen-bond donors (Lipinski definition) is 1. The maximum atomic E-state index is 3.49. The van der Waals surface area contributed by atoms with Crippen molar-refractivity contribution in [3.63, 3.8) is 0 Å². The van der Waals surface area contributed by atoms with Gasteiger partial charge in [-0.25, -0.2) is 0 Å². The van der Waals surface area contributed by atoms with Crippen LogP contribution < -0.4 is 5.32 Å². The summed E-state index contributed by atoms with van der Waals surface area (Å²) in [6.07, 6.45) is 1.30. The molecule has 0 bridgehead atoms. The summed E-state index contributed by atoms with van der Waals surface area (Å²) in [6.45, 7) is 4.56. The van der Waals surface area contributed by atoms with Gasteiger partial charge < -0.3 is 10.2 Å². The van der Waals surface area contributed by atoms with Gasteiger partial charge in [0.15, 0.2) is 0 Å². The average molecular weight is 312 g/mol. The molecule has 2 rings (SSSR count). The van der Waals surface area contributed by atoms with Gasteiger partial charge in [0.05, 0.1) is 0 Å². The molecule has 1 fully saturated rings. The third-order valence-electron chi connectivity index (χ3n) is 3.56. The molecule has 100 valence electrons. The number of likely N-dealkylation sites (N-methyl/N-ethyl adjacent to an activating group) is 1. The smallest absolute Gasteiger partial charge is 0.0351 e. The summed E-state index contributed by atoms with van der Waals surface area (Å²) < 4.78 is 1.13. The summed E-state index contributed by atoms with van der Waals surface area (Å²) in [5.41, 5.74) is 1.19. The Morgan fingerprint density at radius 2 is 2.28 bits per heavy atom. The standard InChI is InChI=1S/C14H22BrN3/c1-17(2)14-6-8-18(11-14)9-7-16-13-5-3-4-12(15)10-13/h3-5,10,14,16H,6-9,11H2,1-2H3. The van der Waals surface area contributed by atoms with Gasteiger partial charge in [0.25, 0.3) is 0 Å². The third-order valence-corrected chi connectivity index (χ3v) is 4.05. The zero-order valence-electron chi connectivity index (χ0n) is 11.2. The van der Waals surface area contributed by atoms with Gasteiger partial charge in [0.2, 0.25) is 0 Å². The molecule has 1 heterocycles. The van der Waals surface area contributed by atoms with Crippen molar-refractivity contribution in [3.05, 3.63) is 28.7 Å². The predicted molar refractivity (Wildman–Crippen MR) is 81.2 cm³/mol. The molecule has 4 heteroatoms. The number of likely N-dealkylation sites (tertiary alicyclic amines) is 1. The molecule has 18 heavy (non-hydrogen) atoms. The fourth-order valence-electron chi connectivity index (χ4n) is 2.39. The fourth-order valence-corrected chi connectivity index (χ4v) is 2.79. The van der Waals surface area contributed by atoms with E-state index in [1.165, 1.54) is 25.2 Å². The lowest BCUT2D eigenvalue weighted by Crippen LogP contribution is -2.33. The van der Waals surface area contributed by atoms with Crippen LogP contribution in [0.15, 0.2) is 28.7 Å². The molecule has 0 spiro atoms. The molecule has 0 aliphatic carbocycles. The normalized spacial score (nSPS) is 20.6. The van der Waals surface area contributed by atoms with E-state index in [9.17, 15) is 0 Å². The highest BCUT2D eigenvalue weighted by molar-refractivity contribution is 9.10. The van der Waals surface area contributed by atoms with Gasteiger partial charge in [-0.2, -0.15) is 0 Å². The lowest BCUT2D eigenvalue weighted by atomic mass is 10.2. The Balaban J connectivity index is 1.70. The molecule has 1 saturated heterocycles. The quantitative estimate of drug-likeness (QED) is 0.901. The number of rotatable bonds is 5. The first-order valence-corrected chi connectivity index (χ1v) is 7.32. The number of halogens is 1. The summed E-state index contributed by atoms with van der Waals surface area (Å²) in [7, 11) is 4.35. The zero-order chi connectivity index (χ0) is 13.0. The first-order chi connectivity index (χ1) is 8.65. The minimum absolute atomic E-state index is 0.732. The Morgan fingerprint density at radius 3 is 2.94 bits per heavy atom. The maximum Gasteiger partial charge on any atom is 0.0351 e. The van der Waals surface area contributed by atoms with Gasteiger partial charge in [-0.05, 0) is 45.3 Å². The molecule has 1 atom stereocenters. The van der Waals surface area contributed by atoms with Crippen molar-refractivity contribution >= 4 is 21.6 Å². The predicted octanol–water partition coefficient (Wildman–Crippen LogP) is 2.50. The first kappa shape index (κ1) is 13.8. The van der Waals surface area contributed by atoms with Crippen molar-refractivity contribution in [2.24, 2.45) is 0 Å². The summed E-state index contributed by atoms with van der Waals surface area (Å²) in [4.78, 5) is 4.87. The SMILES string of the molecule is CN(C)C1CCN(CCNc2cccc(Br)c2)C1. The largest absolute Gasteiger partial charge is 0.384 e. The second kappa shape index (κ2) is 6.55. The highest BCUT2D eigenvalue weighted by atomic mass is 79.9. The third kappa shape index (κ3) is 3.97. The van der Waals surface area contributed by atoms with Crippen LogP contribution in [0.1, 0.15) is 6.42 Å². The molecule has 0 amide bonds. The fraction of sp³-hybridized carbons (Fsp3) is 0.571. The van der Waals surface area contributed by atoms with E-state index in [1.54, 1.807) is 0 Å². The van der Waals surface area contributed by atoms with Gasteiger partial charge in [0, 0.05) is 35.8 Å². The van der Waals surface area contributed by atoms with Crippen LogP contribution in [-0.2, 0) is 0 Å². The van der Waals surface area contributed by atoms with E-state index in [1.807, 2.05) is 6.07 Å². The van der Waals surface area contributed by atoms with Crippen molar-refractivity contribution in [2.75, 3.05) is 45.6 Å². The van der Waals surface area contributed by atoms with Crippen LogP contribution in [0.3, 0.4) is 0 Å². The highest BCUT2D eigenvalue weighted by Gasteiger charge is 2.22. The van der Waals surface area contributed by atoms with Crippen LogP contribution in [0.5, 0.6) is 0 Å². The number of anilines is 1. The minimum Gasteiger partial charge on any atom is -0.384 e. The Labute approximate surface area is 118 Å². The Morgan fingerprint density at radius 1 is 1.44 bits per heavy atom.